The lowest BCUT2D eigenvalue weighted by Crippen LogP contribution is -2.59. The van der Waals surface area contributed by atoms with Crippen LogP contribution < -0.4 is 5.32 Å². The lowest BCUT2D eigenvalue weighted by Gasteiger charge is -2.40. The number of carbonyl (C=O) groups excluding carboxylic acids is 1. The van der Waals surface area contributed by atoms with E-state index < -0.39 is 0 Å². The quantitative estimate of drug-likeness (QED) is 0.796. The fourth-order valence-corrected chi connectivity index (χ4v) is 3.05. The molecule has 0 aromatic carbocycles. The third-order valence-electron chi connectivity index (χ3n) is 4.44. The predicted octanol–water partition coefficient (Wildman–Crippen LogP) is 1.07. The topological polar surface area (TPSA) is 35.6 Å². The summed E-state index contributed by atoms with van der Waals surface area (Å²) in [6, 6.07) is 1.06. The van der Waals surface area contributed by atoms with Crippen molar-refractivity contribution in [1.82, 2.24) is 15.1 Å². The number of piperidine rings is 1. The predicted molar refractivity (Wildman–Crippen MR) is 73.5 cm³/mol. The lowest BCUT2D eigenvalue weighted by atomic mass is 10.00. The van der Waals surface area contributed by atoms with Gasteiger partial charge in [0.15, 0.2) is 0 Å². The van der Waals surface area contributed by atoms with Crippen LogP contribution in [0.5, 0.6) is 0 Å². The van der Waals surface area contributed by atoms with Crippen LogP contribution in [-0.2, 0) is 4.79 Å². The van der Waals surface area contributed by atoms with Crippen molar-refractivity contribution in [3.63, 3.8) is 0 Å². The second-order valence-corrected chi connectivity index (χ2v) is 5.52. The maximum atomic E-state index is 12.4. The third-order valence-corrected chi connectivity index (χ3v) is 4.44. The monoisotopic (exact) mass is 253 g/mol. The first-order chi connectivity index (χ1) is 8.76. The van der Waals surface area contributed by atoms with Gasteiger partial charge in [-0.05, 0) is 32.2 Å². The fourth-order valence-electron chi connectivity index (χ4n) is 3.05. The van der Waals surface area contributed by atoms with E-state index in [2.05, 4.69) is 29.0 Å². The van der Waals surface area contributed by atoms with Crippen molar-refractivity contribution in [3.05, 3.63) is 0 Å². The van der Waals surface area contributed by atoms with Crippen LogP contribution in [0.15, 0.2) is 0 Å². The van der Waals surface area contributed by atoms with E-state index in [4.69, 9.17) is 0 Å². The Balaban J connectivity index is 1.88. The van der Waals surface area contributed by atoms with Crippen LogP contribution in [0.1, 0.15) is 39.5 Å². The highest BCUT2D eigenvalue weighted by atomic mass is 16.2. The third kappa shape index (κ3) is 3.04. The van der Waals surface area contributed by atoms with Crippen molar-refractivity contribution in [2.45, 2.75) is 51.6 Å². The fraction of sp³-hybridized carbons (Fsp3) is 0.929. The minimum atomic E-state index is 0.343. The Morgan fingerprint density at radius 3 is 2.67 bits per heavy atom. The van der Waals surface area contributed by atoms with Gasteiger partial charge in [-0.25, -0.2) is 0 Å². The van der Waals surface area contributed by atoms with Gasteiger partial charge in [-0.1, -0.05) is 13.8 Å². The molecule has 1 atom stereocenters. The molecule has 0 aromatic heterocycles. The van der Waals surface area contributed by atoms with E-state index in [9.17, 15) is 4.79 Å². The maximum absolute atomic E-state index is 12.4. The molecule has 0 aliphatic carbocycles. The first kappa shape index (κ1) is 13.8. The zero-order chi connectivity index (χ0) is 13.0. The van der Waals surface area contributed by atoms with E-state index in [-0.39, 0.29) is 0 Å². The molecule has 2 aliphatic rings. The average molecular weight is 253 g/mol. The molecule has 1 amide bonds. The molecule has 18 heavy (non-hydrogen) atoms. The Morgan fingerprint density at radius 1 is 1.33 bits per heavy atom. The van der Waals surface area contributed by atoms with Gasteiger partial charge in [-0.15, -0.1) is 0 Å². The molecule has 0 aromatic rings. The molecule has 2 fully saturated rings. The lowest BCUT2D eigenvalue weighted by molar-refractivity contribution is -0.137. The van der Waals surface area contributed by atoms with Crippen LogP contribution in [-0.4, -0.2) is 60.5 Å². The van der Waals surface area contributed by atoms with Gasteiger partial charge in [0.2, 0.25) is 5.91 Å². The van der Waals surface area contributed by atoms with Gasteiger partial charge in [0.05, 0.1) is 6.54 Å². The molecule has 0 bridgehead atoms. The molecule has 2 aliphatic heterocycles. The molecule has 0 saturated carbocycles. The molecule has 4 nitrogen and oxygen atoms in total. The summed E-state index contributed by atoms with van der Waals surface area (Å²) in [6.45, 7) is 8.99. The molecule has 0 spiro atoms. The first-order valence-corrected chi connectivity index (χ1v) is 7.50. The molecule has 2 heterocycles. The molecular weight excluding hydrogens is 226 g/mol. The van der Waals surface area contributed by atoms with E-state index in [1.165, 1.54) is 19.3 Å². The Labute approximate surface area is 111 Å². The van der Waals surface area contributed by atoms with Crippen LogP contribution in [0.4, 0.5) is 0 Å². The van der Waals surface area contributed by atoms with Gasteiger partial charge in [0.25, 0.3) is 0 Å². The largest absolute Gasteiger partial charge is 0.339 e. The number of likely N-dealkylation sites (N-methyl/N-ethyl adjacent to an activating group) is 1. The average Bonchev–Trinajstić information content (AvgIpc) is 2.35. The Kier molecular flexibility index (Phi) is 5.01. The molecule has 1 N–H and O–H groups in total. The summed E-state index contributed by atoms with van der Waals surface area (Å²) in [4.78, 5) is 16.9. The van der Waals surface area contributed by atoms with E-state index in [1.807, 2.05) is 0 Å². The second-order valence-electron chi connectivity index (χ2n) is 5.52. The minimum absolute atomic E-state index is 0.343. The minimum Gasteiger partial charge on any atom is -0.339 e. The van der Waals surface area contributed by atoms with Crippen LogP contribution in [0, 0.1) is 0 Å². The highest BCUT2D eigenvalue weighted by molar-refractivity contribution is 5.78. The second kappa shape index (κ2) is 6.53. The van der Waals surface area contributed by atoms with Gasteiger partial charge >= 0.3 is 0 Å². The summed E-state index contributed by atoms with van der Waals surface area (Å²) < 4.78 is 0. The van der Waals surface area contributed by atoms with Crippen LogP contribution >= 0.6 is 0 Å². The van der Waals surface area contributed by atoms with Gasteiger partial charge in [-0.2, -0.15) is 0 Å². The van der Waals surface area contributed by atoms with Crippen molar-refractivity contribution in [3.8, 4) is 0 Å². The Hall–Kier alpha value is -0.610. The SMILES string of the molecule is CCC1CCCCN1C(=O)CN(CC)C1CNC1. The number of hydrogen-bond donors (Lipinski definition) is 1. The van der Waals surface area contributed by atoms with Crippen molar-refractivity contribution < 1.29 is 4.79 Å². The number of likely N-dealkylation sites (tertiary alicyclic amines) is 1. The summed E-state index contributed by atoms with van der Waals surface area (Å²) in [5.41, 5.74) is 0. The van der Waals surface area contributed by atoms with Crippen LogP contribution in [0.3, 0.4) is 0 Å². The molecule has 104 valence electrons. The zero-order valence-electron chi connectivity index (χ0n) is 11.8. The summed E-state index contributed by atoms with van der Waals surface area (Å²) in [7, 11) is 0. The number of nitrogens with one attached hydrogen (secondary N) is 1. The van der Waals surface area contributed by atoms with E-state index in [1.54, 1.807) is 0 Å². The highest BCUT2D eigenvalue weighted by Gasteiger charge is 2.29. The van der Waals surface area contributed by atoms with E-state index in [0.29, 0.717) is 24.5 Å². The molecule has 2 rings (SSSR count). The van der Waals surface area contributed by atoms with Crippen molar-refractivity contribution in [2.24, 2.45) is 0 Å². The summed E-state index contributed by atoms with van der Waals surface area (Å²) in [5.74, 6) is 0.343. The van der Waals surface area contributed by atoms with Gasteiger partial charge in [-0.3, -0.25) is 9.69 Å². The standard InChI is InChI=1S/C14H27N3O/c1-3-12-7-5-6-8-17(12)14(18)11-16(4-2)13-9-15-10-13/h12-13,15H,3-11H2,1-2H3. The molecule has 1 unspecified atom stereocenters. The van der Waals surface area contributed by atoms with Crippen molar-refractivity contribution >= 4 is 5.91 Å². The Bertz CT molecular complexity index is 278. The molecular formula is C14H27N3O. The first-order valence-electron chi connectivity index (χ1n) is 7.50. The van der Waals surface area contributed by atoms with Crippen molar-refractivity contribution in [2.75, 3.05) is 32.7 Å². The summed E-state index contributed by atoms with van der Waals surface area (Å²) >= 11 is 0. The number of rotatable bonds is 5. The number of nitrogens with zero attached hydrogens (tertiary/aromatic N) is 2. The smallest absolute Gasteiger partial charge is 0.237 e. The highest BCUT2D eigenvalue weighted by Crippen LogP contribution is 2.20. The normalized spacial score (nSPS) is 25.3. The summed E-state index contributed by atoms with van der Waals surface area (Å²) in [6.07, 6.45) is 4.76. The zero-order valence-corrected chi connectivity index (χ0v) is 11.8. The Morgan fingerprint density at radius 2 is 2.11 bits per heavy atom. The number of amides is 1. The number of carbonyl (C=O) groups is 1. The van der Waals surface area contributed by atoms with Gasteiger partial charge in [0.1, 0.15) is 0 Å². The van der Waals surface area contributed by atoms with E-state index in [0.717, 1.165) is 32.6 Å². The molecule has 0 radical (unpaired) electrons. The summed E-state index contributed by atoms with van der Waals surface area (Å²) in [5, 5.41) is 3.28. The van der Waals surface area contributed by atoms with Gasteiger partial charge in [0, 0.05) is 31.7 Å². The van der Waals surface area contributed by atoms with Crippen molar-refractivity contribution in [1.29, 1.82) is 0 Å². The molecule has 4 heteroatoms. The van der Waals surface area contributed by atoms with Crippen LogP contribution in [0.2, 0.25) is 0 Å². The van der Waals surface area contributed by atoms with Crippen LogP contribution in [0.25, 0.3) is 0 Å². The van der Waals surface area contributed by atoms with E-state index >= 15 is 0 Å². The van der Waals surface area contributed by atoms with Gasteiger partial charge < -0.3 is 10.2 Å². The maximum Gasteiger partial charge on any atom is 0.237 e. The molecule has 2 saturated heterocycles. The number of hydrogen-bond acceptors (Lipinski definition) is 3.